The van der Waals surface area contributed by atoms with Crippen LogP contribution in [0.1, 0.15) is 35.1 Å². The maximum atomic E-state index is 9.88. The van der Waals surface area contributed by atoms with Gasteiger partial charge in [0.05, 0.1) is 28.8 Å². The Labute approximate surface area is 179 Å². The predicted octanol–water partition coefficient (Wildman–Crippen LogP) is 5.27. The molecular formula is C21H21Cl2N3OS. The lowest BCUT2D eigenvalue weighted by Gasteiger charge is -2.32. The molecule has 2 heterocycles. The lowest BCUT2D eigenvalue weighted by molar-refractivity contribution is 0.122. The van der Waals surface area contributed by atoms with Gasteiger partial charge in [0.2, 0.25) is 0 Å². The van der Waals surface area contributed by atoms with Crippen molar-refractivity contribution in [1.29, 1.82) is 5.26 Å². The zero-order valence-corrected chi connectivity index (χ0v) is 17.8. The van der Waals surface area contributed by atoms with Crippen molar-refractivity contribution in [3.63, 3.8) is 0 Å². The van der Waals surface area contributed by atoms with Gasteiger partial charge in [-0.25, -0.2) is 4.98 Å². The number of rotatable bonds is 4. The standard InChI is InChI=1S/C21H21Cl2N3OS/c22-18-6-5-14(11-19(18)23)13-28-21-17(12-24)15-3-1-2-4-16(15)20(25-21)26-7-9-27-10-8-26/h5-6,11H,1-4,7-10,13H2. The van der Waals surface area contributed by atoms with Crippen molar-refractivity contribution in [2.24, 2.45) is 0 Å². The minimum Gasteiger partial charge on any atom is -0.378 e. The lowest BCUT2D eigenvalue weighted by Crippen LogP contribution is -2.38. The fraction of sp³-hybridized carbons (Fsp3) is 0.429. The first-order chi connectivity index (χ1) is 13.7. The smallest absolute Gasteiger partial charge is 0.133 e. The van der Waals surface area contributed by atoms with E-state index in [9.17, 15) is 5.26 Å². The number of benzene rings is 1. The molecule has 4 nitrogen and oxygen atoms in total. The van der Waals surface area contributed by atoms with Gasteiger partial charge in [0.1, 0.15) is 16.9 Å². The average molecular weight is 434 g/mol. The molecule has 1 aromatic carbocycles. The Bertz CT molecular complexity index is 923. The molecular weight excluding hydrogens is 413 g/mol. The molecule has 146 valence electrons. The Kier molecular flexibility index (Phi) is 6.32. The Morgan fingerprint density at radius 1 is 1.11 bits per heavy atom. The summed E-state index contributed by atoms with van der Waals surface area (Å²) in [5.74, 6) is 1.74. The lowest BCUT2D eigenvalue weighted by atomic mass is 9.89. The van der Waals surface area contributed by atoms with Gasteiger partial charge in [0, 0.05) is 18.8 Å². The number of nitriles is 1. The van der Waals surface area contributed by atoms with Gasteiger partial charge < -0.3 is 9.64 Å². The molecule has 7 heteroatoms. The summed E-state index contributed by atoms with van der Waals surface area (Å²) < 4.78 is 5.52. The number of halogens is 2. The Balaban J connectivity index is 1.68. The van der Waals surface area contributed by atoms with Gasteiger partial charge in [-0.05, 0) is 54.5 Å². The van der Waals surface area contributed by atoms with E-state index >= 15 is 0 Å². The third kappa shape index (κ3) is 4.11. The van der Waals surface area contributed by atoms with E-state index in [1.807, 2.05) is 18.2 Å². The van der Waals surface area contributed by atoms with Crippen LogP contribution >= 0.6 is 35.0 Å². The number of anilines is 1. The highest BCUT2D eigenvalue weighted by Gasteiger charge is 2.26. The molecule has 1 aromatic heterocycles. The first kappa shape index (κ1) is 19.8. The molecule has 2 aromatic rings. The average Bonchev–Trinajstić information content (AvgIpc) is 2.74. The monoisotopic (exact) mass is 433 g/mol. The number of hydrogen-bond donors (Lipinski definition) is 0. The van der Waals surface area contributed by atoms with Gasteiger partial charge in [-0.2, -0.15) is 5.26 Å². The molecule has 0 unspecified atom stereocenters. The number of hydrogen-bond acceptors (Lipinski definition) is 5. The first-order valence-electron chi connectivity index (χ1n) is 9.52. The van der Waals surface area contributed by atoms with E-state index in [0.29, 0.717) is 15.8 Å². The topological polar surface area (TPSA) is 49.2 Å². The van der Waals surface area contributed by atoms with E-state index in [4.69, 9.17) is 32.9 Å². The summed E-state index contributed by atoms with van der Waals surface area (Å²) in [5, 5.41) is 11.8. The number of ether oxygens (including phenoxy) is 1. The van der Waals surface area contributed by atoms with E-state index in [2.05, 4.69) is 11.0 Å². The van der Waals surface area contributed by atoms with E-state index < -0.39 is 0 Å². The minimum absolute atomic E-state index is 0.549. The maximum absolute atomic E-state index is 9.88. The summed E-state index contributed by atoms with van der Waals surface area (Å²) in [5.41, 5.74) is 4.28. The molecule has 1 fully saturated rings. The van der Waals surface area contributed by atoms with Gasteiger partial charge in [-0.1, -0.05) is 29.3 Å². The van der Waals surface area contributed by atoms with Crippen LogP contribution in [-0.4, -0.2) is 31.3 Å². The Morgan fingerprint density at radius 2 is 1.86 bits per heavy atom. The second kappa shape index (κ2) is 8.92. The summed E-state index contributed by atoms with van der Waals surface area (Å²) in [7, 11) is 0. The number of nitrogens with zero attached hydrogens (tertiary/aromatic N) is 3. The van der Waals surface area contributed by atoms with Crippen LogP contribution in [0.3, 0.4) is 0 Å². The minimum atomic E-state index is 0.549. The van der Waals surface area contributed by atoms with Crippen LogP contribution in [0.15, 0.2) is 23.2 Å². The maximum Gasteiger partial charge on any atom is 0.133 e. The van der Waals surface area contributed by atoms with Crippen molar-refractivity contribution in [2.75, 3.05) is 31.2 Å². The number of morpholine rings is 1. The van der Waals surface area contributed by atoms with Gasteiger partial charge >= 0.3 is 0 Å². The van der Waals surface area contributed by atoms with Gasteiger partial charge in [-0.15, -0.1) is 11.8 Å². The van der Waals surface area contributed by atoms with E-state index in [0.717, 1.165) is 74.0 Å². The third-order valence-electron chi connectivity index (χ3n) is 5.24. The molecule has 1 aliphatic heterocycles. The Morgan fingerprint density at radius 3 is 2.57 bits per heavy atom. The van der Waals surface area contributed by atoms with Crippen molar-refractivity contribution in [3.05, 3.63) is 50.5 Å². The van der Waals surface area contributed by atoms with Crippen molar-refractivity contribution < 1.29 is 4.74 Å². The zero-order chi connectivity index (χ0) is 19.5. The summed E-state index contributed by atoms with van der Waals surface area (Å²) in [4.78, 5) is 7.30. The number of pyridine rings is 1. The molecule has 28 heavy (non-hydrogen) atoms. The first-order valence-corrected chi connectivity index (χ1v) is 11.3. The van der Waals surface area contributed by atoms with Crippen LogP contribution < -0.4 is 4.90 Å². The van der Waals surface area contributed by atoms with Crippen LogP contribution in [0.5, 0.6) is 0 Å². The Hall–Kier alpha value is -1.45. The molecule has 0 atom stereocenters. The summed E-state index contributed by atoms with van der Waals surface area (Å²) in [6, 6.07) is 8.09. The molecule has 1 saturated heterocycles. The van der Waals surface area contributed by atoms with Crippen molar-refractivity contribution in [1.82, 2.24) is 4.98 Å². The summed E-state index contributed by atoms with van der Waals surface area (Å²) in [6.07, 6.45) is 4.25. The number of fused-ring (bicyclic) bond motifs is 1. The number of thioether (sulfide) groups is 1. The fourth-order valence-corrected chi connectivity index (χ4v) is 5.08. The normalized spacial score (nSPS) is 16.5. The molecule has 0 bridgehead atoms. The SMILES string of the molecule is N#Cc1c(SCc2ccc(Cl)c(Cl)c2)nc(N2CCOCC2)c2c1CCCC2. The molecule has 0 N–H and O–H groups in total. The van der Waals surface area contributed by atoms with Gasteiger partial charge in [0.15, 0.2) is 0 Å². The highest BCUT2D eigenvalue weighted by Crippen LogP contribution is 2.37. The van der Waals surface area contributed by atoms with E-state index in [1.54, 1.807) is 11.8 Å². The molecule has 0 radical (unpaired) electrons. The van der Waals surface area contributed by atoms with Crippen molar-refractivity contribution in [3.8, 4) is 6.07 Å². The third-order valence-corrected chi connectivity index (χ3v) is 7.03. The summed E-state index contributed by atoms with van der Waals surface area (Å²) in [6.45, 7) is 3.15. The zero-order valence-electron chi connectivity index (χ0n) is 15.5. The van der Waals surface area contributed by atoms with Crippen molar-refractivity contribution in [2.45, 2.75) is 36.5 Å². The summed E-state index contributed by atoms with van der Waals surface area (Å²) >= 11 is 13.8. The molecule has 0 spiro atoms. The van der Waals surface area contributed by atoms with Gasteiger partial charge in [0.25, 0.3) is 0 Å². The van der Waals surface area contributed by atoms with Crippen LogP contribution in [0, 0.1) is 11.3 Å². The fourth-order valence-electron chi connectivity index (χ4n) is 3.81. The highest BCUT2D eigenvalue weighted by molar-refractivity contribution is 7.98. The second-order valence-corrected chi connectivity index (χ2v) is 8.81. The highest BCUT2D eigenvalue weighted by atomic mass is 35.5. The second-order valence-electron chi connectivity index (χ2n) is 7.03. The largest absolute Gasteiger partial charge is 0.378 e. The quantitative estimate of drug-likeness (QED) is 0.614. The van der Waals surface area contributed by atoms with E-state index in [1.165, 1.54) is 11.1 Å². The van der Waals surface area contributed by atoms with Crippen LogP contribution in [0.4, 0.5) is 5.82 Å². The van der Waals surface area contributed by atoms with Crippen LogP contribution in [0.25, 0.3) is 0 Å². The predicted molar refractivity (Wildman–Crippen MR) is 115 cm³/mol. The molecule has 4 rings (SSSR count). The molecule has 0 saturated carbocycles. The van der Waals surface area contributed by atoms with E-state index in [-0.39, 0.29) is 0 Å². The molecule has 0 amide bonds. The van der Waals surface area contributed by atoms with Crippen LogP contribution in [0.2, 0.25) is 10.0 Å². The van der Waals surface area contributed by atoms with Crippen molar-refractivity contribution >= 4 is 40.8 Å². The molecule has 2 aliphatic rings. The van der Waals surface area contributed by atoms with Crippen LogP contribution in [-0.2, 0) is 23.3 Å². The van der Waals surface area contributed by atoms with Gasteiger partial charge in [-0.3, -0.25) is 0 Å². The molecule has 1 aliphatic carbocycles. The number of aromatic nitrogens is 1.